The normalized spacial score (nSPS) is 10.3. The highest BCUT2D eigenvalue weighted by molar-refractivity contribution is 5.90. The Kier molecular flexibility index (Phi) is 4.36. The van der Waals surface area contributed by atoms with Crippen LogP contribution < -0.4 is 9.47 Å². The zero-order valence-electron chi connectivity index (χ0n) is 12.3. The van der Waals surface area contributed by atoms with E-state index in [1.807, 2.05) is 0 Å². The Bertz CT molecular complexity index is 631. The number of carbonyl (C=O) groups excluding carboxylic acids is 1. The standard InChI is InChI=1S/C13H16N4O4/c1-5-21-12(18)9-7-14-17(8(9)2)13-15-10(19-3)6-11(16-13)20-4/h6-7H,5H2,1-4H3. The van der Waals surface area contributed by atoms with Crippen LogP contribution in [0.5, 0.6) is 11.8 Å². The van der Waals surface area contributed by atoms with E-state index < -0.39 is 5.97 Å². The zero-order chi connectivity index (χ0) is 15.4. The first-order chi connectivity index (χ1) is 10.1. The number of methoxy groups -OCH3 is 2. The van der Waals surface area contributed by atoms with Crippen molar-refractivity contribution in [2.24, 2.45) is 0 Å². The van der Waals surface area contributed by atoms with Gasteiger partial charge in [0.25, 0.3) is 5.95 Å². The lowest BCUT2D eigenvalue weighted by Gasteiger charge is -2.07. The van der Waals surface area contributed by atoms with Crippen molar-refractivity contribution in [3.05, 3.63) is 23.5 Å². The first-order valence-electron chi connectivity index (χ1n) is 6.29. The molecule has 0 fully saturated rings. The summed E-state index contributed by atoms with van der Waals surface area (Å²) in [6, 6.07) is 1.55. The second-order valence-electron chi connectivity index (χ2n) is 4.03. The lowest BCUT2D eigenvalue weighted by molar-refractivity contribution is 0.0525. The average molecular weight is 292 g/mol. The minimum atomic E-state index is -0.434. The van der Waals surface area contributed by atoms with Crippen LogP contribution in [0.3, 0.4) is 0 Å². The highest BCUT2D eigenvalue weighted by atomic mass is 16.5. The van der Waals surface area contributed by atoms with Gasteiger partial charge in [-0.3, -0.25) is 0 Å². The molecule has 0 amide bonds. The van der Waals surface area contributed by atoms with E-state index in [4.69, 9.17) is 14.2 Å². The molecule has 0 aliphatic carbocycles. The quantitative estimate of drug-likeness (QED) is 0.764. The van der Waals surface area contributed by atoms with Crippen LogP contribution in [0.2, 0.25) is 0 Å². The van der Waals surface area contributed by atoms with Crippen molar-refractivity contribution in [3.8, 4) is 17.7 Å². The highest BCUT2D eigenvalue weighted by Crippen LogP contribution is 2.19. The SMILES string of the molecule is CCOC(=O)c1cnn(-c2nc(OC)cc(OC)n2)c1C. The van der Waals surface area contributed by atoms with E-state index in [1.165, 1.54) is 25.1 Å². The zero-order valence-corrected chi connectivity index (χ0v) is 12.3. The van der Waals surface area contributed by atoms with Gasteiger partial charge in [0.2, 0.25) is 11.8 Å². The van der Waals surface area contributed by atoms with Crippen LogP contribution in [0.25, 0.3) is 5.95 Å². The van der Waals surface area contributed by atoms with Crippen molar-refractivity contribution < 1.29 is 19.0 Å². The van der Waals surface area contributed by atoms with Gasteiger partial charge in [0.15, 0.2) is 0 Å². The number of esters is 1. The van der Waals surface area contributed by atoms with Gasteiger partial charge >= 0.3 is 5.97 Å². The molecule has 0 aliphatic rings. The summed E-state index contributed by atoms with van der Waals surface area (Å²) in [6.45, 7) is 3.77. The minimum absolute atomic E-state index is 0.249. The van der Waals surface area contributed by atoms with E-state index in [-0.39, 0.29) is 5.95 Å². The van der Waals surface area contributed by atoms with Crippen LogP contribution in [0.4, 0.5) is 0 Å². The maximum atomic E-state index is 11.8. The molecule has 0 radical (unpaired) electrons. The third kappa shape index (κ3) is 2.93. The highest BCUT2D eigenvalue weighted by Gasteiger charge is 2.18. The summed E-state index contributed by atoms with van der Waals surface area (Å²) in [6.07, 6.45) is 1.42. The summed E-state index contributed by atoms with van der Waals surface area (Å²) in [5.41, 5.74) is 0.936. The molecule has 0 spiro atoms. The topological polar surface area (TPSA) is 88.4 Å². The van der Waals surface area contributed by atoms with E-state index in [9.17, 15) is 4.79 Å². The summed E-state index contributed by atoms with van der Waals surface area (Å²) >= 11 is 0. The molecular weight excluding hydrogens is 276 g/mol. The molecule has 2 rings (SSSR count). The summed E-state index contributed by atoms with van der Waals surface area (Å²) in [7, 11) is 2.98. The van der Waals surface area contributed by atoms with Crippen LogP contribution in [0, 0.1) is 6.92 Å². The second kappa shape index (κ2) is 6.21. The molecule has 0 saturated carbocycles. The molecule has 0 saturated heterocycles. The van der Waals surface area contributed by atoms with Crippen molar-refractivity contribution in [2.75, 3.05) is 20.8 Å². The second-order valence-corrected chi connectivity index (χ2v) is 4.03. The Hall–Kier alpha value is -2.64. The van der Waals surface area contributed by atoms with E-state index in [1.54, 1.807) is 19.9 Å². The molecule has 2 aromatic heterocycles. The van der Waals surface area contributed by atoms with Crippen molar-refractivity contribution in [1.29, 1.82) is 0 Å². The van der Waals surface area contributed by atoms with Crippen molar-refractivity contribution in [3.63, 3.8) is 0 Å². The first-order valence-corrected chi connectivity index (χ1v) is 6.29. The largest absolute Gasteiger partial charge is 0.481 e. The van der Waals surface area contributed by atoms with E-state index in [0.717, 1.165) is 0 Å². The Morgan fingerprint density at radius 1 is 1.24 bits per heavy atom. The molecule has 112 valence electrons. The summed E-state index contributed by atoms with van der Waals surface area (Å²) < 4.78 is 16.6. The molecule has 0 aliphatic heterocycles. The maximum Gasteiger partial charge on any atom is 0.341 e. The molecule has 0 aromatic carbocycles. The molecular formula is C13H16N4O4. The lowest BCUT2D eigenvalue weighted by Crippen LogP contribution is -2.09. The molecule has 2 aromatic rings. The lowest BCUT2D eigenvalue weighted by atomic mass is 10.3. The Morgan fingerprint density at radius 2 is 1.86 bits per heavy atom. The molecule has 8 nitrogen and oxygen atoms in total. The predicted octanol–water partition coefficient (Wildman–Crippen LogP) is 1.16. The van der Waals surface area contributed by atoms with Crippen LogP contribution in [0.15, 0.2) is 12.3 Å². The number of hydrogen-bond acceptors (Lipinski definition) is 7. The van der Waals surface area contributed by atoms with Gasteiger partial charge in [0, 0.05) is 0 Å². The molecule has 21 heavy (non-hydrogen) atoms. The van der Waals surface area contributed by atoms with Crippen LogP contribution in [-0.4, -0.2) is 46.5 Å². The monoisotopic (exact) mass is 292 g/mol. The van der Waals surface area contributed by atoms with Gasteiger partial charge in [-0.1, -0.05) is 0 Å². The van der Waals surface area contributed by atoms with Gasteiger partial charge in [-0.05, 0) is 13.8 Å². The molecule has 8 heteroatoms. The number of hydrogen-bond donors (Lipinski definition) is 0. The van der Waals surface area contributed by atoms with Crippen LogP contribution >= 0.6 is 0 Å². The maximum absolute atomic E-state index is 11.8. The van der Waals surface area contributed by atoms with Crippen molar-refractivity contribution in [1.82, 2.24) is 19.7 Å². The molecule has 0 bridgehead atoms. The molecule has 0 N–H and O–H groups in total. The fourth-order valence-electron chi connectivity index (χ4n) is 1.72. The summed E-state index contributed by atoms with van der Waals surface area (Å²) in [5.74, 6) is 0.490. The smallest absolute Gasteiger partial charge is 0.341 e. The number of ether oxygens (including phenoxy) is 3. The van der Waals surface area contributed by atoms with E-state index in [0.29, 0.717) is 29.6 Å². The minimum Gasteiger partial charge on any atom is -0.481 e. The van der Waals surface area contributed by atoms with E-state index >= 15 is 0 Å². The molecule has 0 atom stereocenters. The van der Waals surface area contributed by atoms with Crippen LogP contribution in [0.1, 0.15) is 23.0 Å². The van der Waals surface area contributed by atoms with Gasteiger partial charge in [0.05, 0.1) is 38.8 Å². The number of aromatic nitrogens is 4. The predicted molar refractivity (Wildman–Crippen MR) is 73.0 cm³/mol. The first kappa shape index (κ1) is 14.8. The Balaban J connectivity index is 2.45. The van der Waals surface area contributed by atoms with Gasteiger partial charge in [0.1, 0.15) is 5.56 Å². The van der Waals surface area contributed by atoms with Gasteiger partial charge < -0.3 is 14.2 Å². The third-order valence-electron chi connectivity index (χ3n) is 2.78. The molecule has 0 unspecified atom stereocenters. The fraction of sp³-hybridized carbons (Fsp3) is 0.385. The van der Waals surface area contributed by atoms with Crippen LogP contribution in [-0.2, 0) is 4.74 Å². The Labute approximate surface area is 121 Å². The van der Waals surface area contributed by atoms with E-state index in [2.05, 4.69) is 15.1 Å². The fourth-order valence-corrected chi connectivity index (χ4v) is 1.72. The van der Waals surface area contributed by atoms with Gasteiger partial charge in [-0.25, -0.2) is 9.48 Å². The number of carbonyl (C=O) groups is 1. The number of rotatable bonds is 5. The Morgan fingerprint density at radius 3 is 2.38 bits per heavy atom. The average Bonchev–Trinajstić information content (AvgIpc) is 2.88. The third-order valence-corrected chi connectivity index (χ3v) is 2.78. The summed E-state index contributed by atoms with van der Waals surface area (Å²) in [4.78, 5) is 20.2. The van der Waals surface area contributed by atoms with Crippen molar-refractivity contribution in [2.45, 2.75) is 13.8 Å². The number of nitrogens with zero attached hydrogens (tertiary/aromatic N) is 4. The van der Waals surface area contributed by atoms with Gasteiger partial charge in [-0.15, -0.1) is 0 Å². The van der Waals surface area contributed by atoms with Crippen molar-refractivity contribution >= 4 is 5.97 Å². The molecule has 2 heterocycles. The van der Waals surface area contributed by atoms with Gasteiger partial charge in [-0.2, -0.15) is 15.1 Å². The summed E-state index contributed by atoms with van der Waals surface area (Å²) in [5, 5.41) is 4.12.